The van der Waals surface area contributed by atoms with Crippen molar-refractivity contribution >= 4 is 5.82 Å². The summed E-state index contributed by atoms with van der Waals surface area (Å²) in [6, 6.07) is 10.2. The Labute approximate surface area is 120 Å². The van der Waals surface area contributed by atoms with Crippen molar-refractivity contribution in [3.05, 3.63) is 46.5 Å². The molecular formula is C17H19N3. The monoisotopic (exact) mass is 265 g/mol. The fraction of sp³-hybridized carbons (Fsp3) is 0.294. The van der Waals surface area contributed by atoms with Crippen molar-refractivity contribution in [2.45, 2.75) is 27.7 Å². The number of aromatic nitrogens is 1. The van der Waals surface area contributed by atoms with Gasteiger partial charge >= 0.3 is 0 Å². The lowest BCUT2D eigenvalue weighted by Gasteiger charge is -2.13. The Morgan fingerprint density at radius 2 is 1.80 bits per heavy atom. The number of nitrogens with zero attached hydrogens (tertiary/aromatic N) is 2. The minimum atomic E-state index is 0.581. The smallest absolute Gasteiger partial charge is 0.144 e. The van der Waals surface area contributed by atoms with Crippen LogP contribution in [-0.2, 0) is 0 Å². The molecule has 0 aliphatic carbocycles. The van der Waals surface area contributed by atoms with Crippen LogP contribution in [0.4, 0.5) is 5.82 Å². The van der Waals surface area contributed by atoms with Gasteiger partial charge in [-0.3, -0.25) is 0 Å². The lowest BCUT2D eigenvalue weighted by molar-refractivity contribution is 1.15. The zero-order valence-corrected chi connectivity index (χ0v) is 12.4. The molecule has 0 bridgehead atoms. The molecule has 20 heavy (non-hydrogen) atoms. The number of pyridine rings is 1. The van der Waals surface area contributed by atoms with Crippen molar-refractivity contribution in [3.8, 4) is 17.3 Å². The van der Waals surface area contributed by atoms with Crippen molar-refractivity contribution in [2.75, 3.05) is 11.9 Å². The summed E-state index contributed by atoms with van der Waals surface area (Å²) >= 11 is 0. The lowest BCUT2D eigenvalue weighted by atomic mass is 9.96. The molecule has 3 heteroatoms. The third-order valence-electron chi connectivity index (χ3n) is 3.29. The molecule has 1 heterocycles. The van der Waals surface area contributed by atoms with Crippen molar-refractivity contribution < 1.29 is 0 Å². The van der Waals surface area contributed by atoms with Gasteiger partial charge in [-0.2, -0.15) is 5.26 Å². The second-order valence-electron chi connectivity index (χ2n) is 5.01. The first-order valence-electron chi connectivity index (χ1n) is 6.80. The normalized spacial score (nSPS) is 10.2. The minimum absolute atomic E-state index is 0.581. The van der Waals surface area contributed by atoms with Gasteiger partial charge in [0, 0.05) is 12.1 Å². The number of hydrogen-bond donors (Lipinski definition) is 1. The van der Waals surface area contributed by atoms with E-state index in [1.807, 2.05) is 19.1 Å². The molecule has 0 spiro atoms. The molecule has 0 aliphatic rings. The summed E-state index contributed by atoms with van der Waals surface area (Å²) in [5, 5.41) is 12.3. The first-order chi connectivity index (χ1) is 9.56. The Bertz CT molecular complexity index is 658. The van der Waals surface area contributed by atoms with E-state index in [0.717, 1.165) is 17.8 Å². The maximum Gasteiger partial charge on any atom is 0.144 e. The van der Waals surface area contributed by atoms with Gasteiger partial charge in [0.05, 0.1) is 11.3 Å². The molecule has 1 aromatic carbocycles. The maximum atomic E-state index is 9.12. The van der Waals surface area contributed by atoms with Crippen LogP contribution < -0.4 is 5.32 Å². The molecule has 3 nitrogen and oxygen atoms in total. The number of nitrogens with one attached hydrogen (secondary N) is 1. The molecular weight excluding hydrogens is 246 g/mol. The van der Waals surface area contributed by atoms with Gasteiger partial charge in [0.1, 0.15) is 11.9 Å². The number of nitriles is 1. The van der Waals surface area contributed by atoms with E-state index in [-0.39, 0.29) is 0 Å². The second kappa shape index (κ2) is 5.75. The summed E-state index contributed by atoms with van der Waals surface area (Å²) in [5.74, 6) is 0.659. The van der Waals surface area contributed by atoms with Crippen molar-refractivity contribution in [1.29, 1.82) is 5.26 Å². The average Bonchev–Trinajstić information content (AvgIpc) is 2.38. The van der Waals surface area contributed by atoms with E-state index in [2.05, 4.69) is 49.3 Å². The molecule has 1 N–H and O–H groups in total. The van der Waals surface area contributed by atoms with E-state index >= 15 is 0 Å². The molecule has 0 fully saturated rings. The van der Waals surface area contributed by atoms with Crippen LogP contribution >= 0.6 is 0 Å². The van der Waals surface area contributed by atoms with Crippen LogP contribution in [0.3, 0.4) is 0 Å². The van der Waals surface area contributed by atoms with E-state index in [4.69, 9.17) is 5.26 Å². The average molecular weight is 265 g/mol. The first-order valence-corrected chi connectivity index (χ1v) is 6.80. The molecule has 0 radical (unpaired) electrons. The van der Waals surface area contributed by atoms with E-state index in [9.17, 15) is 0 Å². The molecule has 0 amide bonds. The third-order valence-corrected chi connectivity index (χ3v) is 3.29. The highest BCUT2D eigenvalue weighted by Gasteiger charge is 2.11. The SMILES string of the molecule is CCNc1nc(-c2c(C)cc(C)cc2C)ccc1C#N. The Morgan fingerprint density at radius 1 is 1.15 bits per heavy atom. The zero-order valence-electron chi connectivity index (χ0n) is 12.4. The van der Waals surface area contributed by atoms with Crippen molar-refractivity contribution in [1.82, 2.24) is 4.98 Å². The maximum absolute atomic E-state index is 9.12. The van der Waals surface area contributed by atoms with Crippen molar-refractivity contribution in [2.24, 2.45) is 0 Å². The van der Waals surface area contributed by atoms with Gasteiger partial charge in [-0.25, -0.2) is 4.98 Å². The van der Waals surface area contributed by atoms with E-state index in [1.165, 1.54) is 16.7 Å². The summed E-state index contributed by atoms with van der Waals surface area (Å²) < 4.78 is 0. The third kappa shape index (κ3) is 2.65. The van der Waals surface area contributed by atoms with Crippen LogP contribution in [0, 0.1) is 32.1 Å². The van der Waals surface area contributed by atoms with E-state index in [0.29, 0.717) is 11.4 Å². The summed E-state index contributed by atoms with van der Waals surface area (Å²) in [6.45, 7) is 9.04. The molecule has 0 unspecified atom stereocenters. The Morgan fingerprint density at radius 3 is 2.35 bits per heavy atom. The molecule has 0 saturated heterocycles. The number of anilines is 1. The minimum Gasteiger partial charge on any atom is -0.369 e. The van der Waals surface area contributed by atoms with Gasteiger partial charge in [0.2, 0.25) is 0 Å². The number of benzene rings is 1. The molecule has 2 rings (SSSR count). The molecule has 2 aromatic rings. The lowest BCUT2D eigenvalue weighted by Crippen LogP contribution is -2.03. The van der Waals surface area contributed by atoms with E-state index in [1.54, 1.807) is 0 Å². The largest absolute Gasteiger partial charge is 0.369 e. The fourth-order valence-electron chi connectivity index (χ4n) is 2.57. The van der Waals surface area contributed by atoms with Crippen LogP contribution in [-0.4, -0.2) is 11.5 Å². The standard InChI is InChI=1S/C17H19N3/c1-5-19-17-14(10-18)6-7-15(20-17)16-12(3)8-11(2)9-13(16)4/h6-9H,5H2,1-4H3,(H,19,20). The van der Waals surface area contributed by atoms with Gasteiger partial charge in [-0.1, -0.05) is 17.7 Å². The summed E-state index contributed by atoms with van der Waals surface area (Å²) in [6.07, 6.45) is 0. The molecule has 0 aliphatic heterocycles. The van der Waals surface area contributed by atoms with E-state index < -0.39 is 0 Å². The number of rotatable bonds is 3. The van der Waals surface area contributed by atoms with Crippen LogP contribution in [0.1, 0.15) is 29.2 Å². The Hall–Kier alpha value is -2.34. The van der Waals surface area contributed by atoms with Crippen LogP contribution in [0.15, 0.2) is 24.3 Å². The predicted octanol–water partition coefficient (Wildman–Crippen LogP) is 3.98. The van der Waals surface area contributed by atoms with Gasteiger partial charge in [0.15, 0.2) is 0 Å². The van der Waals surface area contributed by atoms with Gasteiger partial charge in [-0.05, 0) is 51.0 Å². The quantitative estimate of drug-likeness (QED) is 0.913. The topological polar surface area (TPSA) is 48.7 Å². The predicted molar refractivity (Wildman–Crippen MR) is 82.8 cm³/mol. The zero-order chi connectivity index (χ0) is 14.7. The molecule has 0 saturated carbocycles. The van der Waals surface area contributed by atoms with Gasteiger partial charge in [-0.15, -0.1) is 0 Å². The van der Waals surface area contributed by atoms with Crippen LogP contribution in [0.25, 0.3) is 11.3 Å². The summed E-state index contributed by atoms with van der Waals surface area (Å²) in [7, 11) is 0. The highest BCUT2D eigenvalue weighted by Crippen LogP contribution is 2.28. The van der Waals surface area contributed by atoms with Gasteiger partial charge in [0.25, 0.3) is 0 Å². The molecule has 1 aromatic heterocycles. The van der Waals surface area contributed by atoms with Crippen molar-refractivity contribution in [3.63, 3.8) is 0 Å². The number of aryl methyl sites for hydroxylation is 3. The summed E-state index contributed by atoms with van der Waals surface area (Å²) in [5.41, 5.74) is 6.32. The molecule has 0 atom stereocenters. The first kappa shape index (κ1) is 14.1. The second-order valence-corrected chi connectivity index (χ2v) is 5.01. The van der Waals surface area contributed by atoms with Crippen LogP contribution in [0.5, 0.6) is 0 Å². The highest BCUT2D eigenvalue weighted by molar-refractivity contribution is 5.71. The van der Waals surface area contributed by atoms with Gasteiger partial charge < -0.3 is 5.32 Å². The highest BCUT2D eigenvalue weighted by atomic mass is 15.0. The Kier molecular flexibility index (Phi) is 4.05. The fourth-order valence-corrected chi connectivity index (χ4v) is 2.57. The van der Waals surface area contributed by atoms with Crippen LogP contribution in [0.2, 0.25) is 0 Å². The summed E-state index contributed by atoms with van der Waals surface area (Å²) in [4.78, 5) is 4.62. The number of hydrogen-bond acceptors (Lipinski definition) is 3. The molecule has 102 valence electrons. The Balaban J connectivity index is 2.60.